The number of ether oxygens (including phenoxy) is 1. The van der Waals surface area contributed by atoms with Crippen molar-refractivity contribution in [1.29, 1.82) is 0 Å². The number of nitrogens with one attached hydrogen (secondary N) is 1. The summed E-state index contributed by atoms with van der Waals surface area (Å²) in [6, 6.07) is 9.21. The third kappa shape index (κ3) is 3.56. The minimum absolute atomic E-state index is 0.0110. The van der Waals surface area contributed by atoms with Crippen LogP contribution in [-0.4, -0.2) is 7.11 Å². The molecule has 21 heavy (non-hydrogen) atoms. The Bertz CT molecular complexity index is 634. The molecule has 112 valence electrons. The van der Waals surface area contributed by atoms with Gasteiger partial charge in [-0.3, -0.25) is 0 Å². The maximum absolute atomic E-state index is 13.8. The van der Waals surface area contributed by atoms with Crippen molar-refractivity contribution in [3.8, 4) is 5.75 Å². The van der Waals surface area contributed by atoms with Gasteiger partial charge in [0.2, 0.25) is 0 Å². The Balaban J connectivity index is 2.26. The number of rotatable bonds is 4. The Morgan fingerprint density at radius 2 is 1.90 bits per heavy atom. The third-order valence-electron chi connectivity index (χ3n) is 3.47. The summed E-state index contributed by atoms with van der Waals surface area (Å²) in [5.74, 6) is -0.0815. The molecule has 0 amide bonds. The summed E-state index contributed by atoms with van der Waals surface area (Å²) in [4.78, 5) is 0. The largest absolute Gasteiger partial charge is 0.494 e. The second-order valence-electron chi connectivity index (χ2n) is 5.20. The van der Waals surface area contributed by atoms with Crippen LogP contribution in [0.2, 0.25) is 0 Å². The van der Waals surface area contributed by atoms with Crippen LogP contribution in [0.15, 0.2) is 34.8 Å². The van der Waals surface area contributed by atoms with E-state index < -0.39 is 0 Å². The first-order valence-corrected chi connectivity index (χ1v) is 7.58. The summed E-state index contributed by atoms with van der Waals surface area (Å²) in [5, 5.41) is 3.43. The zero-order valence-electron chi connectivity index (χ0n) is 12.6. The summed E-state index contributed by atoms with van der Waals surface area (Å²) in [6.07, 6.45) is 0. The number of anilines is 1. The third-order valence-corrected chi connectivity index (χ3v) is 4.09. The molecular formula is C17H19BrFNO. The first-order valence-electron chi connectivity index (χ1n) is 6.79. The number of methoxy groups -OCH3 is 1. The summed E-state index contributed by atoms with van der Waals surface area (Å²) >= 11 is 3.58. The van der Waals surface area contributed by atoms with Crippen LogP contribution in [0.4, 0.5) is 10.1 Å². The Morgan fingerprint density at radius 1 is 1.19 bits per heavy atom. The molecule has 0 bridgehead atoms. The number of hydrogen-bond donors (Lipinski definition) is 1. The minimum atomic E-state index is -0.344. The second kappa shape index (κ2) is 6.48. The zero-order valence-corrected chi connectivity index (χ0v) is 14.2. The smallest absolute Gasteiger partial charge is 0.165 e. The molecule has 0 fully saturated rings. The lowest BCUT2D eigenvalue weighted by Gasteiger charge is -2.20. The highest BCUT2D eigenvalue weighted by atomic mass is 79.9. The molecule has 0 aromatic heterocycles. The lowest BCUT2D eigenvalue weighted by Crippen LogP contribution is -2.09. The highest BCUT2D eigenvalue weighted by Crippen LogP contribution is 2.31. The minimum Gasteiger partial charge on any atom is -0.494 e. The van der Waals surface area contributed by atoms with Crippen LogP contribution >= 0.6 is 15.9 Å². The maximum atomic E-state index is 13.8. The van der Waals surface area contributed by atoms with Crippen LogP contribution < -0.4 is 10.1 Å². The molecule has 0 radical (unpaired) electrons. The van der Waals surface area contributed by atoms with Crippen LogP contribution in [-0.2, 0) is 0 Å². The molecule has 0 aliphatic heterocycles. The zero-order chi connectivity index (χ0) is 15.6. The second-order valence-corrected chi connectivity index (χ2v) is 6.05. The van der Waals surface area contributed by atoms with Gasteiger partial charge in [0.25, 0.3) is 0 Å². The molecule has 0 saturated heterocycles. The average Bonchev–Trinajstić information content (AvgIpc) is 2.42. The predicted molar refractivity (Wildman–Crippen MR) is 88.6 cm³/mol. The number of aryl methyl sites for hydroxylation is 2. The lowest BCUT2D eigenvalue weighted by atomic mass is 10.1. The predicted octanol–water partition coefficient (Wildman–Crippen LogP) is 5.39. The monoisotopic (exact) mass is 351 g/mol. The Morgan fingerprint density at radius 3 is 2.48 bits per heavy atom. The normalized spacial score (nSPS) is 12.1. The van der Waals surface area contributed by atoms with Crippen molar-refractivity contribution < 1.29 is 9.13 Å². The van der Waals surface area contributed by atoms with E-state index in [2.05, 4.69) is 47.2 Å². The highest BCUT2D eigenvalue weighted by molar-refractivity contribution is 9.10. The molecule has 2 nitrogen and oxygen atoms in total. The molecule has 0 heterocycles. The molecule has 0 spiro atoms. The van der Waals surface area contributed by atoms with Crippen LogP contribution in [0.25, 0.3) is 0 Å². The molecule has 2 aromatic rings. The first kappa shape index (κ1) is 15.8. The van der Waals surface area contributed by atoms with Crippen molar-refractivity contribution in [2.75, 3.05) is 12.4 Å². The highest BCUT2D eigenvalue weighted by Gasteiger charge is 2.12. The van der Waals surface area contributed by atoms with E-state index in [-0.39, 0.29) is 17.6 Å². The average molecular weight is 352 g/mol. The van der Waals surface area contributed by atoms with E-state index in [9.17, 15) is 4.39 Å². The van der Waals surface area contributed by atoms with Gasteiger partial charge in [-0.25, -0.2) is 4.39 Å². The molecule has 2 rings (SSSR count). The van der Waals surface area contributed by atoms with Crippen LogP contribution in [0, 0.1) is 19.7 Å². The van der Waals surface area contributed by atoms with Crippen molar-refractivity contribution in [3.63, 3.8) is 0 Å². The Kier molecular flexibility index (Phi) is 4.88. The number of benzene rings is 2. The van der Waals surface area contributed by atoms with Gasteiger partial charge in [-0.05, 0) is 71.6 Å². The summed E-state index contributed by atoms with van der Waals surface area (Å²) in [7, 11) is 1.46. The van der Waals surface area contributed by atoms with Crippen molar-refractivity contribution in [2.24, 2.45) is 0 Å². The van der Waals surface area contributed by atoms with Gasteiger partial charge in [-0.1, -0.05) is 12.1 Å². The van der Waals surface area contributed by atoms with E-state index in [1.165, 1.54) is 18.7 Å². The first-order chi connectivity index (χ1) is 9.92. The molecule has 1 unspecified atom stereocenters. The van der Waals surface area contributed by atoms with Gasteiger partial charge in [-0.15, -0.1) is 0 Å². The lowest BCUT2D eigenvalue weighted by molar-refractivity contribution is 0.386. The van der Waals surface area contributed by atoms with E-state index in [0.717, 1.165) is 21.3 Å². The van der Waals surface area contributed by atoms with Gasteiger partial charge >= 0.3 is 0 Å². The SMILES string of the molecule is COc1ccc(C(C)Nc2c(C)cc(C)cc2Br)cc1F. The Labute approximate surface area is 133 Å². The fraction of sp³-hybridized carbons (Fsp3) is 0.294. The van der Waals surface area contributed by atoms with Gasteiger partial charge in [-0.2, -0.15) is 0 Å². The molecule has 1 N–H and O–H groups in total. The summed E-state index contributed by atoms with van der Waals surface area (Å²) in [5.41, 5.74) is 4.26. The van der Waals surface area contributed by atoms with Gasteiger partial charge in [0.15, 0.2) is 11.6 Å². The van der Waals surface area contributed by atoms with Crippen LogP contribution in [0.3, 0.4) is 0 Å². The van der Waals surface area contributed by atoms with E-state index in [4.69, 9.17) is 4.74 Å². The summed E-state index contributed by atoms with van der Waals surface area (Å²) in [6.45, 7) is 6.12. The molecular weight excluding hydrogens is 333 g/mol. The fourth-order valence-corrected chi connectivity index (χ4v) is 3.14. The quantitative estimate of drug-likeness (QED) is 0.797. The van der Waals surface area contributed by atoms with Gasteiger partial charge < -0.3 is 10.1 Å². The van der Waals surface area contributed by atoms with Crippen molar-refractivity contribution in [2.45, 2.75) is 26.8 Å². The van der Waals surface area contributed by atoms with Gasteiger partial charge in [0.05, 0.1) is 12.8 Å². The van der Waals surface area contributed by atoms with E-state index in [1.807, 2.05) is 13.0 Å². The molecule has 4 heteroatoms. The van der Waals surface area contributed by atoms with Gasteiger partial charge in [0, 0.05) is 10.5 Å². The number of hydrogen-bond acceptors (Lipinski definition) is 2. The standard InChI is InChI=1S/C17H19BrFNO/c1-10-7-11(2)17(14(18)8-10)20-12(3)13-5-6-16(21-4)15(19)9-13/h5-9,12,20H,1-4H3. The molecule has 0 aliphatic carbocycles. The van der Waals surface area contributed by atoms with Crippen molar-refractivity contribution in [3.05, 3.63) is 57.3 Å². The van der Waals surface area contributed by atoms with Crippen LogP contribution in [0.1, 0.15) is 29.7 Å². The molecule has 1 atom stereocenters. The van der Waals surface area contributed by atoms with Crippen LogP contribution in [0.5, 0.6) is 5.75 Å². The van der Waals surface area contributed by atoms with Crippen molar-refractivity contribution >= 4 is 21.6 Å². The maximum Gasteiger partial charge on any atom is 0.165 e. The van der Waals surface area contributed by atoms with E-state index in [1.54, 1.807) is 6.07 Å². The molecule has 2 aromatic carbocycles. The van der Waals surface area contributed by atoms with Crippen molar-refractivity contribution in [1.82, 2.24) is 0 Å². The van der Waals surface area contributed by atoms with E-state index in [0.29, 0.717) is 0 Å². The van der Waals surface area contributed by atoms with E-state index >= 15 is 0 Å². The van der Waals surface area contributed by atoms with Gasteiger partial charge in [0.1, 0.15) is 0 Å². The summed E-state index contributed by atoms with van der Waals surface area (Å²) < 4.78 is 19.8. The Hall–Kier alpha value is -1.55. The molecule has 0 aliphatic rings. The molecule has 0 saturated carbocycles. The topological polar surface area (TPSA) is 21.3 Å². The fourth-order valence-electron chi connectivity index (χ4n) is 2.35. The number of halogens is 2.